The summed E-state index contributed by atoms with van der Waals surface area (Å²) < 4.78 is 12.3. The van der Waals surface area contributed by atoms with Gasteiger partial charge in [0.25, 0.3) is 0 Å². The van der Waals surface area contributed by atoms with Gasteiger partial charge in [0.05, 0.1) is 57.0 Å². The highest BCUT2D eigenvalue weighted by molar-refractivity contribution is 6.21. The fraction of sp³-hybridized carbons (Fsp3) is 0. The zero-order chi connectivity index (χ0) is 55.0. The quantitative estimate of drug-likeness (QED) is 0.135. The van der Waals surface area contributed by atoms with Crippen molar-refractivity contribution < 1.29 is 4.42 Å². The van der Waals surface area contributed by atoms with Crippen molar-refractivity contribution >= 4 is 71.2 Å². The Morgan fingerprint density at radius 3 is 1.07 bits per heavy atom. The van der Waals surface area contributed by atoms with Crippen LogP contribution in [0.1, 0.15) is 0 Å². The number of para-hydroxylation sites is 1. The molecule has 0 aliphatic carbocycles. The Labute approximate surface area is 478 Å². The molecule has 4 aromatic heterocycles. The van der Waals surface area contributed by atoms with Crippen molar-refractivity contribution in [1.29, 1.82) is 0 Å². The Morgan fingerprint density at radius 2 is 0.687 bits per heavy atom. The lowest BCUT2D eigenvalue weighted by molar-refractivity contribution is 0.667. The van der Waals surface area contributed by atoms with Crippen LogP contribution < -0.4 is 0 Å². The number of benzene rings is 12. The largest absolute Gasteiger partial charge is 0.453 e. The maximum absolute atomic E-state index is 9.37. The highest BCUT2D eigenvalue weighted by atomic mass is 16.3. The molecule has 16 rings (SSSR count). The van der Waals surface area contributed by atoms with E-state index in [9.17, 15) is 6.57 Å². The van der Waals surface area contributed by atoms with Gasteiger partial charge in [-0.05, 0) is 111 Å². The van der Waals surface area contributed by atoms with Gasteiger partial charge in [0.15, 0.2) is 11.4 Å². The van der Waals surface area contributed by atoms with E-state index in [0.29, 0.717) is 22.7 Å². The van der Waals surface area contributed by atoms with Gasteiger partial charge < -0.3 is 13.6 Å². The second-order valence-electron chi connectivity index (χ2n) is 21.1. The topological polar surface area (TPSA) is 53.1 Å². The van der Waals surface area contributed by atoms with Crippen molar-refractivity contribution in [3.8, 4) is 89.8 Å². The fourth-order valence-corrected chi connectivity index (χ4v) is 12.4. The minimum absolute atomic E-state index is 0.476. The molecule has 16 aromatic rings. The minimum atomic E-state index is 0.476. The molecule has 0 saturated heterocycles. The summed E-state index contributed by atoms with van der Waals surface area (Å²) in [6.07, 6.45) is 0. The molecule has 6 heteroatoms. The summed E-state index contributed by atoms with van der Waals surface area (Å²) in [4.78, 5) is 15.3. The highest BCUT2D eigenvalue weighted by Gasteiger charge is 2.28. The lowest BCUT2D eigenvalue weighted by Crippen LogP contribution is -2.00. The van der Waals surface area contributed by atoms with Gasteiger partial charge in [-0.3, -0.25) is 0 Å². The SMILES string of the molecule is [C-]#[N+]c1cc(-n2c3ccc(-c4ccccc4)cc3c3cc(-c4ccccc4)ccc32)c2oc3c(-c4nc(-c5ccccc5)cc(-c5ccccc5)n4)cccc3c2c1-n1c2ccc(-c3ccccc3)cc2c2cc(-c3ccccc3)ccc21. The Hall–Kier alpha value is -11.4. The number of hydrogen-bond donors (Lipinski definition) is 0. The Kier molecular flexibility index (Phi) is 11.2. The average Bonchev–Trinajstić information content (AvgIpc) is 2.54. The molecule has 0 atom stereocenters. The minimum Gasteiger partial charge on any atom is -0.453 e. The smallest absolute Gasteiger partial charge is 0.213 e. The van der Waals surface area contributed by atoms with E-state index in [1.807, 2.05) is 36.4 Å². The second-order valence-corrected chi connectivity index (χ2v) is 21.1. The van der Waals surface area contributed by atoms with Gasteiger partial charge in [0.2, 0.25) is 5.69 Å². The van der Waals surface area contributed by atoms with Crippen LogP contribution in [0.25, 0.3) is 160 Å². The number of aromatic nitrogens is 4. The van der Waals surface area contributed by atoms with Crippen molar-refractivity contribution in [1.82, 2.24) is 19.1 Å². The molecule has 0 amide bonds. The van der Waals surface area contributed by atoms with Gasteiger partial charge in [0, 0.05) is 43.4 Å². The first-order chi connectivity index (χ1) is 41.1. The molecule has 83 heavy (non-hydrogen) atoms. The molecular formula is C77H47N5O. The molecule has 0 aliphatic rings. The van der Waals surface area contributed by atoms with Crippen molar-refractivity contribution in [2.45, 2.75) is 0 Å². The number of rotatable bonds is 9. The first-order valence-corrected chi connectivity index (χ1v) is 27.9. The van der Waals surface area contributed by atoms with E-state index in [1.165, 1.54) is 0 Å². The molecule has 0 fully saturated rings. The molecule has 0 N–H and O–H groups in total. The third-order valence-corrected chi connectivity index (χ3v) is 16.4. The van der Waals surface area contributed by atoms with Crippen LogP contribution in [-0.2, 0) is 0 Å². The molecule has 0 unspecified atom stereocenters. The molecule has 6 nitrogen and oxygen atoms in total. The highest BCUT2D eigenvalue weighted by Crippen LogP contribution is 2.50. The Balaban J connectivity index is 1.04. The monoisotopic (exact) mass is 1060 g/mol. The number of furan rings is 1. The molecular weight excluding hydrogens is 1010 g/mol. The van der Waals surface area contributed by atoms with E-state index in [4.69, 9.17) is 14.4 Å². The van der Waals surface area contributed by atoms with Gasteiger partial charge in [-0.25, -0.2) is 14.8 Å². The zero-order valence-corrected chi connectivity index (χ0v) is 44.8. The lowest BCUT2D eigenvalue weighted by atomic mass is 10.0. The predicted molar refractivity (Wildman–Crippen MR) is 342 cm³/mol. The molecule has 0 spiro atoms. The van der Waals surface area contributed by atoms with Crippen LogP contribution in [0.4, 0.5) is 5.69 Å². The molecule has 0 aliphatic heterocycles. The molecule has 0 radical (unpaired) electrons. The predicted octanol–water partition coefficient (Wildman–Crippen LogP) is 20.8. The first-order valence-electron chi connectivity index (χ1n) is 27.9. The second kappa shape index (κ2) is 19.5. The van der Waals surface area contributed by atoms with E-state index in [2.05, 4.69) is 263 Å². The van der Waals surface area contributed by atoms with Crippen LogP contribution in [-0.4, -0.2) is 19.1 Å². The van der Waals surface area contributed by atoms with Crippen molar-refractivity contribution in [2.24, 2.45) is 0 Å². The number of nitrogens with zero attached hydrogens (tertiary/aromatic N) is 5. The fourth-order valence-electron chi connectivity index (χ4n) is 12.4. The van der Waals surface area contributed by atoms with E-state index in [1.54, 1.807) is 0 Å². The summed E-state index contributed by atoms with van der Waals surface area (Å²) in [5, 5.41) is 5.97. The van der Waals surface area contributed by atoms with Gasteiger partial charge >= 0.3 is 0 Å². The number of hydrogen-bond acceptors (Lipinski definition) is 3. The molecule has 4 heterocycles. The molecule has 12 aromatic carbocycles. The zero-order valence-electron chi connectivity index (χ0n) is 44.8. The van der Waals surface area contributed by atoms with E-state index < -0.39 is 0 Å². The van der Waals surface area contributed by atoms with Gasteiger partial charge in [-0.1, -0.05) is 218 Å². The summed E-state index contributed by atoms with van der Waals surface area (Å²) in [5.74, 6) is 0.529. The summed E-state index contributed by atoms with van der Waals surface area (Å²) >= 11 is 0. The van der Waals surface area contributed by atoms with Crippen molar-refractivity contribution in [2.75, 3.05) is 0 Å². The van der Waals surface area contributed by atoms with Crippen LogP contribution in [0.2, 0.25) is 0 Å². The molecule has 0 bridgehead atoms. The van der Waals surface area contributed by atoms with Gasteiger partial charge in [-0.15, -0.1) is 0 Å². The average molecular weight is 1060 g/mol. The van der Waals surface area contributed by atoms with Crippen LogP contribution >= 0.6 is 0 Å². The molecule has 0 saturated carbocycles. The van der Waals surface area contributed by atoms with Crippen LogP contribution in [0.5, 0.6) is 0 Å². The third kappa shape index (κ3) is 7.94. The van der Waals surface area contributed by atoms with E-state index >= 15 is 0 Å². The van der Waals surface area contributed by atoms with E-state index in [0.717, 1.165) is 138 Å². The van der Waals surface area contributed by atoms with Crippen LogP contribution in [0, 0.1) is 6.57 Å². The standard InChI is InChI=1S/C77H47N5O/c1-78-67-48-72(81-68-39-35-55(49-21-8-2-9-22-49)43-61(68)62-44-56(36-40-69(62)81)50-23-10-3-11-24-50)76-73(59-33-20-34-60(75(59)83-76)77-79-65(53-29-16-6-17-30-53)47-66(80-77)54-31-18-7-19-32-54)74(67)82-70-41-37-57(51-25-12-4-13-26-51)45-63(70)64-46-58(38-42-71(64)82)52-27-14-5-15-28-52/h2-48H. The summed E-state index contributed by atoms with van der Waals surface area (Å²) in [6.45, 7) is 9.37. The van der Waals surface area contributed by atoms with Crippen molar-refractivity contribution in [3.63, 3.8) is 0 Å². The van der Waals surface area contributed by atoms with Gasteiger partial charge in [-0.2, -0.15) is 0 Å². The van der Waals surface area contributed by atoms with Crippen LogP contribution in [0.15, 0.2) is 290 Å². The maximum atomic E-state index is 9.37. The third-order valence-electron chi connectivity index (χ3n) is 16.4. The Morgan fingerprint density at radius 1 is 0.313 bits per heavy atom. The number of fused-ring (bicyclic) bond motifs is 9. The summed E-state index contributed by atoms with van der Waals surface area (Å²) in [6, 6.07) is 100. The normalized spacial score (nSPS) is 11.6. The summed E-state index contributed by atoms with van der Waals surface area (Å²) in [7, 11) is 0. The maximum Gasteiger partial charge on any atom is 0.213 e. The lowest BCUT2D eigenvalue weighted by Gasteiger charge is -2.16. The summed E-state index contributed by atoms with van der Waals surface area (Å²) in [5.41, 5.74) is 20.4. The van der Waals surface area contributed by atoms with Crippen LogP contribution in [0.3, 0.4) is 0 Å². The van der Waals surface area contributed by atoms with Crippen molar-refractivity contribution in [3.05, 3.63) is 297 Å². The Bertz CT molecular complexity index is 4980. The van der Waals surface area contributed by atoms with Gasteiger partial charge in [0.1, 0.15) is 5.58 Å². The van der Waals surface area contributed by atoms with E-state index in [-0.39, 0.29) is 0 Å². The molecule has 386 valence electrons. The first kappa shape index (κ1) is 47.6.